The number of carbonyl (C=O) groups excluding carboxylic acids is 3. The van der Waals surface area contributed by atoms with Crippen molar-refractivity contribution in [3.63, 3.8) is 0 Å². The summed E-state index contributed by atoms with van der Waals surface area (Å²) in [5.74, 6) is -3.41. The lowest BCUT2D eigenvalue weighted by molar-refractivity contribution is -0.140. The first-order valence-corrected chi connectivity index (χ1v) is 11.3. The van der Waals surface area contributed by atoms with E-state index in [1.807, 2.05) is 0 Å². The third-order valence-corrected chi connectivity index (χ3v) is 6.27. The summed E-state index contributed by atoms with van der Waals surface area (Å²) in [6.45, 7) is 3.72. The highest BCUT2D eigenvalue weighted by molar-refractivity contribution is 7.89. The number of Topliss-reactive ketones (excluding diaryl/α,β-unsaturated/α-hetero) is 1. The number of benzene rings is 1. The number of nitrogens with one attached hydrogen (secondary N) is 3. The van der Waals surface area contributed by atoms with Gasteiger partial charge in [-0.3, -0.25) is 19.1 Å². The molecule has 32 heavy (non-hydrogen) atoms. The molecule has 172 valence electrons. The van der Waals surface area contributed by atoms with Gasteiger partial charge in [-0.05, 0) is 30.2 Å². The maximum Gasteiger partial charge on any atom is 0.289 e. The molecule has 2 bridgehead atoms. The number of aromatic nitrogens is 3. The zero-order valence-corrected chi connectivity index (χ0v) is 18.2. The van der Waals surface area contributed by atoms with E-state index in [-0.39, 0.29) is 23.7 Å². The van der Waals surface area contributed by atoms with Crippen LogP contribution >= 0.6 is 0 Å². The number of rotatable bonds is 6. The fraction of sp³-hybridized carbons (Fsp3) is 0.421. The Balaban J connectivity index is 1.81. The minimum Gasteiger partial charge on any atom is -0.348 e. The second-order valence-electron chi connectivity index (χ2n) is 7.61. The summed E-state index contributed by atoms with van der Waals surface area (Å²) in [5.41, 5.74) is 0. The lowest BCUT2D eigenvalue weighted by Crippen LogP contribution is -2.56. The third kappa shape index (κ3) is 5.53. The van der Waals surface area contributed by atoms with E-state index in [1.54, 1.807) is 13.8 Å². The molecule has 0 aliphatic carbocycles. The van der Waals surface area contributed by atoms with Crippen LogP contribution in [0.4, 0.5) is 4.39 Å². The smallest absolute Gasteiger partial charge is 0.289 e. The van der Waals surface area contributed by atoms with Gasteiger partial charge in [0, 0.05) is 13.0 Å². The van der Waals surface area contributed by atoms with Crippen molar-refractivity contribution in [1.29, 1.82) is 0 Å². The molecule has 3 rings (SSSR count). The van der Waals surface area contributed by atoms with Gasteiger partial charge in [0.05, 0.1) is 11.4 Å². The van der Waals surface area contributed by atoms with Crippen LogP contribution < -0.4 is 15.4 Å². The molecule has 0 saturated carbocycles. The first kappa shape index (κ1) is 23.5. The number of nitrogens with zero attached hydrogens (tertiary/aromatic N) is 3. The number of sulfonamides is 1. The second kappa shape index (κ2) is 9.53. The normalized spacial score (nSPS) is 18.2. The van der Waals surface area contributed by atoms with E-state index in [0.29, 0.717) is 6.54 Å². The van der Waals surface area contributed by atoms with Crippen LogP contribution in [0.2, 0.25) is 0 Å². The molecule has 2 unspecified atom stereocenters. The number of halogens is 1. The molecule has 2 atom stereocenters. The van der Waals surface area contributed by atoms with E-state index in [1.165, 1.54) is 11.0 Å². The fourth-order valence-corrected chi connectivity index (χ4v) is 4.40. The third-order valence-electron chi connectivity index (χ3n) is 4.81. The minimum absolute atomic E-state index is 0.138. The monoisotopic (exact) mass is 466 g/mol. The van der Waals surface area contributed by atoms with Crippen molar-refractivity contribution in [3.05, 3.63) is 42.2 Å². The minimum atomic E-state index is -4.16. The van der Waals surface area contributed by atoms with E-state index in [0.717, 1.165) is 24.3 Å². The lowest BCUT2D eigenvalue weighted by atomic mass is 10.0. The number of amides is 2. The molecule has 3 N–H and O–H groups in total. The molecule has 11 nitrogen and oxygen atoms in total. The van der Waals surface area contributed by atoms with Crippen LogP contribution in [0.3, 0.4) is 0 Å². The van der Waals surface area contributed by atoms with Gasteiger partial charge < -0.3 is 10.6 Å². The van der Waals surface area contributed by atoms with Crippen LogP contribution in [0.25, 0.3) is 0 Å². The molecule has 2 heterocycles. The molecule has 1 aliphatic heterocycles. The van der Waals surface area contributed by atoms with Crippen molar-refractivity contribution in [2.24, 2.45) is 5.92 Å². The molecule has 0 fully saturated rings. The highest BCUT2D eigenvalue weighted by Gasteiger charge is 2.34. The van der Waals surface area contributed by atoms with Crippen LogP contribution in [0.5, 0.6) is 0 Å². The van der Waals surface area contributed by atoms with E-state index in [2.05, 4.69) is 25.4 Å². The van der Waals surface area contributed by atoms with Crippen LogP contribution in [-0.4, -0.2) is 59.4 Å². The van der Waals surface area contributed by atoms with Gasteiger partial charge in [-0.15, -0.1) is 0 Å². The van der Waals surface area contributed by atoms with Crippen molar-refractivity contribution in [1.82, 2.24) is 30.1 Å². The number of carbonyl (C=O) groups is 3. The zero-order chi connectivity index (χ0) is 23.5. The van der Waals surface area contributed by atoms with E-state index >= 15 is 0 Å². The van der Waals surface area contributed by atoms with Gasteiger partial charge in [0.25, 0.3) is 5.91 Å². The lowest BCUT2D eigenvalue weighted by Gasteiger charge is -2.24. The molecular weight excluding hydrogens is 443 g/mol. The first-order chi connectivity index (χ1) is 15.1. The van der Waals surface area contributed by atoms with E-state index in [4.69, 9.17) is 0 Å². The van der Waals surface area contributed by atoms with Crippen molar-refractivity contribution in [2.75, 3.05) is 6.54 Å². The Morgan fingerprint density at radius 2 is 1.94 bits per heavy atom. The maximum absolute atomic E-state index is 13.1. The Hall–Kier alpha value is -3.19. The summed E-state index contributed by atoms with van der Waals surface area (Å²) in [7, 11) is -4.16. The van der Waals surface area contributed by atoms with Crippen molar-refractivity contribution >= 4 is 27.6 Å². The number of ketones is 1. The molecule has 0 spiro atoms. The first-order valence-electron chi connectivity index (χ1n) is 9.85. The predicted octanol–water partition coefficient (Wildman–Crippen LogP) is -0.853. The molecule has 0 saturated heterocycles. The SMILES string of the molecule is CC(C)C(NS(=O)(=O)c1ccc(F)cc1)C(=O)NC1Cc2ncn(n2)CCNC(=O)C1=O. The highest BCUT2D eigenvalue weighted by Crippen LogP contribution is 2.13. The summed E-state index contributed by atoms with van der Waals surface area (Å²) in [4.78, 5) is 41.5. The van der Waals surface area contributed by atoms with Gasteiger partial charge in [-0.1, -0.05) is 13.8 Å². The Kier molecular flexibility index (Phi) is 6.99. The molecule has 13 heteroatoms. The summed E-state index contributed by atoms with van der Waals surface area (Å²) < 4.78 is 42.3. The Morgan fingerprint density at radius 1 is 1.25 bits per heavy atom. The standard InChI is InChI=1S/C19H23FN6O5S/c1-11(2)16(25-32(30,31)13-5-3-12(20)4-6-13)18(28)23-14-9-15-22-10-26(24-15)8-7-21-19(29)17(14)27/h3-6,10-11,14,16,25H,7-9H2,1-2H3,(H,21,29)(H,23,28). The molecule has 1 aromatic heterocycles. The fourth-order valence-electron chi connectivity index (χ4n) is 3.06. The van der Waals surface area contributed by atoms with Crippen molar-refractivity contribution in [3.8, 4) is 0 Å². The highest BCUT2D eigenvalue weighted by atomic mass is 32.2. The molecule has 2 aromatic rings. The van der Waals surface area contributed by atoms with Crippen LogP contribution in [-0.2, 0) is 37.4 Å². The molecular formula is C19H23FN6O5S. The predicted molar refractivity (Wildman–Crippen MR) is 109 cm³/mol. The van der Waals surface area contributed by atoms with Gasteiger partial charge in [-0.25, -0.2) is 17.8 Å². The van der Waals surface area contributed by atoms with Gasteiger partial charge >= 0.3 is 0 Å². The Morgan fingerprint density at radius 3 is 2.59 bits per heavy atom. The van der Waals surface area contributed by atoms with Gasteiger partial charge in [0.2, 0.25) is 21.7 Å². The van der Waals surface area contributed by atoms with Crippen LogP contribution in [0, 0.1) is 11.7 Å². The largest absolute Gasteiger partial charge is 0.348 e. The molecule has 0 radical (unpaired) electrons. The maximum atomic E-state index is 13.1. The molecule has 1 aromatic carbocycles. The number of fused-ring (bicyclic) bond motifs is 2. The topological polar surface area (TPSA) is 152 Å². The number of hydrogen-bond acceptors (Lipinski definition) is 7. The molecule has 1 aliphatic rings. The summed E-state index contributed by atoms with van der Waals surface area (Å²) in [6.07, 6.45) is 1.31. The van der Waals surface area contributed by atoms with Gasteiger partial charge in [0.15, 0.2) is 5.82 Å². The summed E-state index contributed by atoms with van der Waals surface area (Å²) in [6, 6.07) is 1.58. The van der Waals surface area contributed by atoms with Crippen LogP contribution in [0.1, 0.15) is 19.7 Å². The second-order valence-corrected chi connectivity index (χ2v) is 9.32. The average Bonchev–Trinajstić information content (AvgIpc) is 3.17. The molecule has 2 amide bonds. The van der Waals surface area contributed by atoms with Crippen LogP contribution in [0.15, 0.2) is 35.5 Å². The summed E-state index contributed by atoms with van der Waals surface area (Å²) in [5, 5.41) is 9.09. The Labute approximate surface area is 183 Å². The summed E-state index contributed by atoms with van der Waals surface area (Å²) >= 11 is 0. The quantitative estimate of drug-likeness (QED) is 0.469. The van der Waals surface area contributed by atoms with E-state index in [9.17, 15) is 27.2 Å². The van der Waals surface area contributed by atoms with Crippen molar-refractivity contribution < 1.29 is 27.2 Å². The number of hydrogen-bond donors (Lipinski definition) is 3. The average molecular weight is 466 g/mol. The zero-order valence-electron chi connectivity index (χ0n) is 17.4. The van der Waals surface area contributed by atoms with E-state index < -0.39 is 51.4 Å². The van der Waals surface area contributed by atoms with Gasteiger partial charge in [-0.2, -0.15) is 9.82 Å². The Bertz CT molecular complexity index is 1120. The van der Waals surface area contributed by atoms with Gasteiger partial charge in [0.1, 0.15) is 24.2 Å². The van der Waals surface area contributed by atoms with Crippen molar-refractivity contribution in [2.45, 2.75) is 43.8 Å².